The number of rotatable bonds is 5. The fourth-order valence-electron chi connectivity index (χ4n) is 2.36. The molecule has 0 spiro atoms. The lowest BCUT2D eigenvalue weighted by Gasteiger charge is -2.10. The van der Waals surface area contributed by atoms with Crippen molar-refractivity contribution in [1.29, 1.82) is 0 Å². The lowest BCUT2D eigenvalue weighted by Crippen LogP contribution is -2.14. The van der Waals surface area contributed by atoms with Gasteiger partial charge in [0.05, 0.1) is 0 Å². The first kappa shape index (κ1) is 14.3. The Hall–Kier alpha value is -1.16. The Balaban J connectivity index is 1.75. The monoisotopic (exact) mass is 278 g/mol. The molecule has 1 aliphatic rings. The van der Waals surface area contributed by atoms with Crippen LogP contribution in [0.4, 0.5) is 11.4 Å². The normalized spacial score (nSPS) is 15.6. The van der Waals surface area contributed by atoms with Gasteiger partial charge in [0, 0.05) is 28.8 Å². The van der Waals surface area contributed by atoms with Crippen LogP contribution >= 0.6 is 11.8 Å². The molecule has 4 heteroatoms. The molecule has 0 aliphatic heterocycles. The van der Waals surface area contributed by atoms with Gasteiger partial charge in [0.1, 0.15) is 0 Å². The Labute approximate surface area is 119 Å². The van der Waals surface area contributed by atoms with Crippen LogP contribution in [0.1, 0.15) is 37.7 Å². The summed E-state index contributed by atoms with van der Waals surface area (Å²) in [7, 11) is 0. The van der Waals surface area contributed by atoms with E-state index in [-0.39, 0.29) is 5.91 Å². The van der Waals surface area contributed by atoms with E-state index >= 15 is 0 Å². The van der Waals surface area contributed by atoms with Gasteiger partial charge in [0.15, 0.2) is 0 Å². The maximum atomic E-state index is 11.9. The van der Waals surface area contributed by atoms with Gasteiger partial charge >= 0.3 is 0 Å². The predicted molar refractivity (Wildman–Crippen MR) is 83.6 cm³/mol. The third-order valence-electron chi connectivity index (χ3n) is 3.52. The average molecular weight is 278 g/mol. The van der Waals surface area contributed by atoms with Crippen molar-refractivity contribution < 1.29 is 4.79 Å². The molecule has 1 fully saturated rings. The SMILES string of the molecule is Cc1ccc(N)cc1NC(=O)CCSC1CCCC1. The maximum absolute atomic E-state index is 11.9. The van der Waals surface area contributed by atoms with Gasteiger partial charge < -0.3 is 11.1 Å². The van der Waals surface area contributed by atoms with Gasteiger partial charge in [-0.3, -0.25) is 4.79 Å². The minimum absolute atomic E-state index is 0.0826. The summed E-state index contributed by atoms with van der Waals surface area (Å²) in [6, 6.07) is 5.59. The van der Waals surface area contributed by atoms with E-state index in [1.54, 1.807) is 0 Å². The molecular formula is C15H22N2OS. The summed E-state index contributed by atoms with van der Waals surface area (Å²) >= 11 is 1.94. The van der Waals surface area contributed by atoms with E-state index in [0.717, 1.165) is 22.3 Å². The number of thioether (sulfide) groups is 1. The van der Waals surface area contributed by atoms with Gasteiger partial charge in [-0.05, 0) is 37.5 Å². The van der Waals surface area contributed by atoms with Gasteiger partial charge in [-0.25, -0.2) is 0 Å². The van der Waals surface area contributed by atoms with Crippen molar-refractivity contribution in [3.8, 4) is 0 Å². The molecule has 104 valence electrons. The highest BCUT2D eigenvalue weighted by Gasteiger charge is 2.15. The highest BCUT2D eigenvalue weighted by atomic mass is 32.2. The number of hydrogen-bond acceptors (Lipinski definition) is 3. The van der Waals surface area contributed by atoms with E-state index in [4.69, 9.17) is 5.73 Å². The van der Waals surface area contributed by atoms with Crippen LogP contribution in [-0.4, -0.2) is 16.9 Å². The van der Waals surface area contributed by atoms with Crippen LogP contribution in [0.15, 0.2) is 18.2 Å². The zero-order valence-electron chi connectivity index (χ0n) is 11.4. The summed E-state index contributed by atoms with van der Waals surface area (Å²) < 4.78 is 0. The standard InChI is InChI=1S/C15H22N2OS/c1-11-6-7-12(16)10-14(11)17-15(18)8-9-19-13-4-2-3-5-13/h6-7,10,13H,2-5,8-9,16H2,1H3,(H,17,18). The summed E-state index contributed by atoms with van der Waals surface area (Å²) in [5.41, 5.74) is 8.29. The molecule has 0 atom stereocenters. The summed E-state index contributed by atoms with van der Waals surface area (Å²) in [5, 5.41) is 3.72. The lowest BCUT2D eigenvalue weighted by atomic mass is 10.2. The molecule has 2 rings (SSSR count). The van der Waals surface area contributed by atoms with E-state index < -0.39 is 0 Å². The van der Waals surface area contributed by atoms with Crippen molar-refractivity contribution in [2.45, 2.75) is 44.3 Å². The van der Waals surface area contributed by atoms with Crippen LogP contribution in [-0.2, 0) is 4.79 Å². The van der Waals surface area contributed by atoms with Gasteiger partial charge in [-0.1, -0.05) is 18.9 Å². The molecule has 1 aliphatic carbocycles. The lowest BCUT2D eigenvalue weighted by molar-refractivity contribution is -0.115. The molecule has 1 aromatic rings. The number of aryl methyl sites for hydroxylation is 1. The Kier molecular flexibility index (Phi) is 5.14. The number of nitrogens with two attached hydrogens (primary N) is 1. The molecule has 0 heterocycles. The molecule has 0 saturated heterocycles. The van der Waals surface area contributed by atoms with Gasteiger partial charge in [0.25, 0.3) is 0 Å². The zero-order valence-corrected chi connectivity index (χ0v) is 12.3. The third kappa shape index (κ3) is 4.46. The number of amides is 1. The van der Waals surface area contributed by atoms with E-state index in [2.05, 4.69) is 5.32 Å². The summed E-state index contributed by atoms with van der Waals surface area (Å²) in [6.45, 7) is 1.97. The molecule has 0 bridgehead atoms. The van der Waals surface area contributed by atoms with Gasteiger partial charge in [-0.2, -0.15) is 11.8 Å². The van der Waals surface area contributed by atoms with E-state index in [9.17, 15) is 4.79 Å². The molecule has 1 saturated carbocycles. The van der Waals surface area contributed by atoms with E-state index in [1.807, 2.05) is 36.9 Å². The molecule has 0 radical (unpaired) electrons. The smallest absolute Gasteiger partial charge is 0.225 e. The number of nitrogens with one attached hydrogen (secondary N) is 1. The minimum Gasteiger partial charge on any atom is -0.399 e. The number of carbonyl (C=O) groups is 1. The van der Waals surface area contributed by atoms with Crippen LogP contribution in [0, 0.1) is 6.92 Å². The quantitative estimate of drug-likeness (QED) is 0.809. The first-order chi connectivity index (χ1) is 9.15. The molecule has 3 nitrogen and oxygen atoms in total. The van der Waals surface area contributed by atoms with Crippen LogP contribution in [0.3, 0.4) is 0 Å². The van der Waals surface area contributed by atoms with Crippen LogP contribution in [0.2, 0.25) is 0 Å². The number of carbonyl (C=O) groups excluding carboxylic acids is 1. The molecule has 0 unspecified atom stereocenters. The predicted octanol–water partition coefficient (Wildman–Crippen LogP) is 3.58. The topological polar surface area (TPSA) is 55.1 Å². The Bertz CT molecular complexity index is 442. The number of hydrogen-bond donors (Lipinski definition) is 2. The molecule has 19 heavy (non-hydrogen) atoms. The average Bonchev–Trinajstić information content (AvgIpc) is 2.87. The van der Waals surface area contributed by atoms with Gasteiger partial charge in [-0.15, -0.1) is 0 Å². The van der Waals surface area contributed by atoms with Crippen molar-refractivity contribution in [1.82, 2.24) is 0 Å². The Morgan fingerprint density at radius 3 is 2.89 bits per heavy atom. The molecule has 0 aromatic heterocycles. The number of anilines is 2. The van der Waals surface area contributed by atoms with Crippen LogP contribution < -0.4 is 11.1 Å². The molecule has 3 N–H and O–H groups in total. The molecular weight excluding hydrogens is 256 g/mol. The highest BCUT2D eigenvalue weighted by Crippen LogP contribution is 2.29. The van der Waals surface area contributed by atoms with Crippen molar-refractivity contribution in [2.75, 3.05) is 16.8 Å². The Morgan fingerprint density at radius 2 is 2.16 bits per heavy atom. The number of nitrogen functional groups attached to an aromatic ring is 1. The molecule has 1 amide bonds. The fraction of sp³-hybridized carbons (Fsp3) is 0.533. The van der Waals surface area contributed by atoms with Crippen LogP contribution in [0.5, 0.6) is 0 Å². The highest BCUT2D eigenvalue weighted by molar-refractivity contribution is 7.99. The second-order valence-corrected chi connectivity index (χ2v) is 6.56. The van der Waals surface area contributed by atoms with Crippen LogP contribution in [0.25, 0.3) is 0 Å². The summed E-state index contributed by atoms with van der Waals surface area (Å²) in [5.74, 6) is 0.997. The maximum Gasteiger partial charge on any atom is 0.225 e. The van der Waals surface area contributed by atoms with Crippen molar-refractivity contribution in [3.63, 3.8) is 0 Å². The number of benzene rings is 1. The largest absolute Gasteiger partial charge is 0.399 e. The zero-order chi connectivity index (χ0) is 13.7. The van der Waals surface area contributed by atoms with Crippen molar-refractivity contribution in [2.24, 2.45) is 0 Å². The van der Waals surface area contributed by atoms with Crippen molar-refractivity contribution in [3.05, 3.63) is 23.8 Å². The van der Waals surface area contributed by atoms with Crippen molar-refractivity contribution >= 4 is 29.0 Å². The first-order valence-corrected chi connectivity index (χ1v) is 7.97. The third-order valence-corrected chi connectivity index (χ3v) is 4.90. The summed E-state index contributed by atoms with van der Waals surface area (Å²) in [6.07, 6.45) is 5.93. The minimum atomic E-state index is 0.0826. The fourth-order valence-corrected chi connectivity index (χ4v) is 3.66. The van der Waals surface area contributed by atoms with Gasteiger partial charge in [0.2, 0.25) is 5.91 Å². The second kappa shape index (κ2) is 6.85. The van der Waals surface area contributed by atoms with E-state index in [0.29, 0.717) is 12.1 Å². The molecule has 1 aromatic carbocycles. The Morgan fingerprint density at radius 1 is 1.42 bits per heavy atom. The van der Waals surface area contributed by atoms with E-state index in [1.165, 1.54) is 25.7 Å². The summed E-state index contributed by atoms with van der Waals surface area (Å²) in [4.78, 5) is 11.9. The second-order valence-electron chi connectivity index (χ2n) is 5.15. The first-order valence-electron chi connectivity index (χ1n) is 6.93.